The van der Waals surface area contributed by atoms with Crippen LogP contribution in [0.25, 0.3) is 16.7 Å². The van der Waals surface area contributed by atoms with Crippen molar-refractivity contribution in [3.8, 4) is 11.1 Å². The van der Waals surface area contributed by atoms with Gasteiger partial charge in [0.05, 0.1) is 5.54 Å². The van der Waals surface area contributed by atoms with Crippen LogP contribution in [0, 0.1) is 0 Å². The van der Waals surface area contributed by atoms with Crippen molar-refractivity contribution in [3.63, 3.8) is 0 Å². The van der Waals surface area contributed by atoms with Crippen molar-refractivity contribution < 1.29 is 0 Å². The van der Waals surface area contributed by atoms with Gasteiger partial charge in [-0.1, -0.05) is 92.7 Å². The molecule has 0 amide bonds. The first kappa shape index (κ1) is 20.2. The topological polar surface area (TPSA) is 12.0 Å². The highest BCUT2D eigenvalue weighted by molar-refractivity contribution is 5.77. The van der Waals surface area contributed by atoms with Crippen LogP contribution >= 0.6 is 0 Å². The summed E-state index contributed by atoms with van der Waals surface area (Å²) in [6, 6.07) is 26.2. The largest absolute Gasteiger partial charge is 0.376 e. The van der Waals surface area contributed by atoms with E-state index in [2.05, 4.69) is 117 Å². The first-order valence-corrected chi connectivity index (χ1v) is 11.1. The van der Waals surface area contributed by atoms with Crippen LogP contribution in [0.2, 0.25) is 0 Å². The highest BCUT2D eigenvalue weighted by atomic mass is 15.0. The first-order valence-electron chi connectivity index (χ1n) is 11.1. The predicted octanol–water partition coefficient (Wildman–Crippen LogP) is 7.69. The molecule has 30 heavy (non-hydrogen) atoms. The third-order valence-electron chi connectivity index (χ3n) is 6.09. The summed E-state index contributed by atoms with van der Waals surface area (Å²) in [7, 11) is 0. The van der Waals surface area contributed by atoms with Crippen LogP contribution in [0.4, 0.5) is 5.69 Å². The number of rotatable bonds is 6. The lowest BCUT2D eigenvalue weighted by atomic mass is 9.87. The molecule has 0 aliphatic heterocycles. The lowest BCUT2D eigenvalue weighted by Crippen LogP contribution is -2.33. The van der Waals surface area contributed by atoms with E-state index in [0.717, 1.165) is 19.3 Å². The lowest BCUT2D eigenvalue weighted by Gasteiger charge is -2.31. The zero-order chi connectivity index (χ0) is 21.0. The molecule has 0 bridgehead atoms. The van der Waals surface area contributed by atoms with Gasteiger partial charge in [0.2, 0.25) is 0 Å². The number of benzene rings is 3. The number of allylic oxidation sites excluding steroid dienone is 2. The summed E-state index contributed by atoms with van der Waals surface area (Å²) in [5, 5.41) is 3.78. The Bertz CT molecular complexity index is 1070. The Morgan fingerprint density at radius 2 is 1.50 bits per heavy atom. The third kappa shape index (κ3) is 4.26. The summed E-state index contributed by atoms with van der Waals surface area (Å²) in [4.78, 5) is 0. The monoisotopic (exact) mass is 393 g/mol. The molecule has 0 aromatic heterocycles. The van der Waals surface area contributed by atoms with Gasteiger partial charge in [0, 0.05) is 5.69 Å². The standard InChI is InChI=1S/C29H31N/c1-4-22-11-9-10-14-27(22)28-16-15-26(21-23(28)5-2)30-29(3)19-17-25(18-20-29)24-12-7-6-8-13-24/h6-19,21,30H,4-5,20H2,1-3H3. The molecule has 0 saturated heterocycles. The van der Waals surface area contributed by atoms with Crippen LogP contribution < -0.4 is 5.32 Å². The number of nitrogens with one attached hydrogen (secondary N) is 1. The van der Waals surface area contributed by atoms with E-state index in [1.54, 1.807) is 0 Å². The molecule has 0 radical (unpaired) electrons. The summed E-state index contributed by atoms with van der Waals surface area (Å²) in [5.41, 5.74) is 9.22. The molecule has 0 spiro atoms. The summed E-state index contributed by atoms with van der Waals surface area (Å²) >= 11 is 0. The Hall–Kier alpha value is -3.06. The van der Waals surface area contributed by atoms with Crippen molar-refractivity contribution in [2.75, 3.05) is 5.32 Å². The van der Waals surface area contributed by atoms with Crippen molar-refractivity contribution in [3.05, 3.63) is 108 Å². The van der Waals surface area contributed by atoms with Crippen molar-refractivity contribution in [1.82, 2.24) is 0 Å². The van der Waals surface area contributed by atoms with Gasteiger partial charge in [-0.15, -0.1) is 0 Å². The van der Waals surface area contributed by atoms with Gasteiger partial charge in [0.1, 0.15) is 0 Å². The minimum absolute atomic E-state index is 0.0772. The normalized spacial score (nSPS) is 18.2. The molecule has 3 aromatic carbocycles. The van der Waals surface area contributed by atoms with Crippen LogP contribution in [0.15, 0.2) is 91.0 Å². The molecule has 1 aliphatic carbocycles. The Morgan fingerprint density at radius 1 is 0.800 bits per heavy atom. The van der Waals surface area contributed by atoms with E-state index in [1.807, 2.05) is 0 Å². The van der Waals surface area contributed by atoms with E-state index in [4.69, 9.17) is 0 Å². The van der Waals surface area contributed by atoms with E-state index < -0.39 is 0 Å². The van der Waals surface area contributed by atoms with E-state index in [9.17, 15) is 0 Å². The molecular formula is C29H31N. The average molecular weight is 394 g/mol. The fourth-order valence-electron chi connectivity index (χ4n) is 4.32. The van der Waals surface area contributed by atoms with Crippen LogP contribution in [-0.2, 0) is 12.8 Å². The SMILES string of the molecule is CCc1ccccc1-c1ccc(NC2(C)C=CC(c3ccccc3)=CC2)cc1CC. The van der Waals surface area contributed by atoms with E-state index in [0.29, 0.717) is 0 Å². The zero-order valence-corrected chi connectivity index (χ0v) is 18.3. The van der Waals surface area contributed by atoms with Gasteiger partial charge >= 0.3 is 0 Å². The fraction of sp³-hybridized carbons (Fsp3) is 0.241. The number of hydrogen-bond acceptors (Lipinski definition) is 1. The molecule has 152 valence electrons. The van der Waals surface area contributed by atoms with E-state index >= 15 is 0 Å². The predicted molar refractivity (Wildman–Crippen MR) is 131 cm³/mol. The maximum absolute atomic E-state index is 3.78. The minimum atomic E-state index is -0.0772. The quantitative estimate of drug-likeness (QED) is 0.452. The fourth-order valence-corrected chi connectivity index (χ4v) is 4.32. The summed E-state index contributed by atoms with van der Waals surface area (Å²) in [5.74, 6) is 0. The Morgan fingerprint density at radius 3 is 2.20 bits per heavy atom. The molecule has 0 saturated carbocycles. The molecule has 4 rings (SSSR count). The molecule has 3 aromatic rings. The van der Waals surface area contributed by atoms with Gasteiger partial charge in [-0.2, -0.15) is 0 Å². The second-order valence-electron chi connectivity index (χ2n) is 8.34. The minimum Gasteiger partial charge on any atom is -0.376 e. The summed E-state index contributed by atoms with van der Waals surface area (Å²) in [6.07, 6.45) is 9.94. The second kappa shape index (κ2) is 8.75. The Labute approximate surface area is 181 Å². The van der Waals surface area contributed by atoms with Crippen LogP contribution in [0.1, 0.15) is 43.9 Å². The van der Waals surface area contributed by atoms with Crippen molar-refractivity contribution in [2.45, 2.75) is 45.6 Å². The van der Waals surface area contributed by atoms with Crippen LogP contribution in [-0.4, -0.2) is 5.54 Å². The zero-order valence-electron chi connectivity index (χ0n) is 18.3. The van der Waals surface area contributed by atoms with Crippen molar-refractivity contribution >= 4 is 11.3 Å². The summed E-state index contributed by atoms with van der Waals surface area (Å²) < 4.78 is 0. The molecule has 1 nitrogen and oxygen atoms in total. The number of anilines is 1. The van der Waals surface area contributed by atoms with Gasteiger partial charge in [-0.25, -0.2) is 0 Å². The molecule has 1 unspecified atom stereocenters. The maximum atomic E-state index is 3.78. The molecule has 0 fully saturated rings. The molecule has 1 heteroatoms. The second-order valence-corrected chi connectivity index (χ2v) is 8.34. The van der Waals surface area contributed by atoms with Crippen LogP contribution in [0.5, 0.6) is 0 Å². The molecule has 0 heterocycles. The number of hydrogen-bond donors (Lipinski definition) is 1. The molecule has 1 atom stereocenters. The average Bonchev–Trinajstić information content (AvgIpc) is 2.80. The summed E-state index contributed by atoms with van der Waals surface area (Å²) in [6.45, 7) is 6.75. The molecular weight excluding hydrogens is 362 g/mol. The van der Waals surface area contributed by atoms with Gasteiger partial charge in [-0.3, -0.25) is 0 Å². The molecule has 1 N–H and O–H groups in total. The lowest BCUT2D eigenvalue weighted by molar-refractivity contribution is 0.642. The van der Waals surface area contributed by atoms with Crippen LogP contribution in [0.3, 0.4) is 0 Å². The van der Waals surface area contributed by atoms with E-state index in [1.165, 1.54) is 39.1 Å². The van der Waals surface area contributed by atoms with Gasteiger partial charge in [0.15, 0.2) is 0 Å². The maximum Gasteiger partial charge on any atom is 0.0566 e. The Balaban J connectivity index is 1.56. The Kier molecular flexibility index (Phi) is 5.90. The first-order chi connectivity index (χ1) is 14.6. The van der Waals surface area contributed by atoms with Gasteiger partial charge in [0.25, 0.3) is 0 Å². The van der Waals surface area contributed by atoms with Crippen molar-refractivity contribution in [2.24, 2.45) is 0 Å². The number of aryl methyl sites for hydroxylation is 2. The van der Waals surface area contributed by atoms with Gasteiger partial charge in [-0.05, 0) is 71.7 Å². The smallest absolute Gasteiger partial charge is 0.0566 e. The van der Waals surface area contributed by atoms with Crippen molar-refractivity contribution in [1.29, 1.82) is 0 Å². The molecule has 1 aliphatic rings. The van der Waals surface area contributed by atoms with E-state index in [-0.39, 0.29) is 5.54 Å². The third-order valence-corrected chi connectivity index (χ3v) is 6.09. The highest BCUT2D eigenvalue weighted by Gasteiger charge is 2.23. The van der Waals surface area contributed by atoms with Gasteiger partial charge < -0.3 is 5.32 Å². The highest BCUT2D eigenvalue weighted by Crippen LogP contribution is 2.33.